The molecule has 2 aromatic carbocycles. The van der Waals surface area contributed by atoms with Crippen molar-refractivity contribution in [2.24, 2.45) is 11.5 Å². The van der Waals surface area contributed by atoms with E-state index in [1.54, 1.807) is 12.1 Å². The number of benzene rings is 2. The van der Waals surface area contributed by atoms with Crippen molar-refractivity contribution in [3.8, 4) is 0 Å². The van der Waals surface area contributed by atoms with E-state index in [1.165, 1.54) is 0 Å². The van der Waals surface area contributed by atoms with Crippen LogP contribution < -0.4 is 11.5 Å². The molecular weight excluding hydrogens is 288 g/mol. The fourth-order valence-corrected chi connectivity index (χ4v) is 1.79. The van der Waals surface area contributed by atoms with Crippen molar-refractivity contribution in [3.63, 3.8) is 0 Å². The lowest BCUT2D eigenvalue weighted by Gasteiger charge is -2.00. The highest BCUT2D eigenvalue weighted by Crippen LogP contribution is 2.06. The molecule has 2 amide bonds. The van der Waals surface area contributed by atoms with E-state index in [1.807, 2.05) is 50.2 Å². The van der Waals surface area contributed by atoms with Crippen LogP contribution in [0, 0.1) is 13.8 Å². The van der Waals surface area contributed by atoms with Gasteiger partial charge in [-0.3, -0.25) is 9.59 Å². The fourth-order valence-electron chi connectivity index (χ4n) is 1.79. The van der Waals surface area contributed by atoms with E-state index >= 15 is 0 Å². The van der Waals surface area contributed by atoms with E-state index in [0.717, 1.165) is 16.7 Å². The van der Waals surface area contributed by atoms with Crippen LogP contribution in [0.2, 0.25) is 0 Å². The monoisotopic (exact) mass is 316 g/mol. The summed E-state index contributed by atoms with van der Waals surface area (Å²) >= 11 is 0. The van der Waals surface area contributed by atoms with Crippen LogP contribution in [0.1, 0.15) is 41.9 Å². The summed E-state index contributed by atoms with van der Waals surface area (Å²) in [4.78, 5) is 21.1. The predicted molar refractivity (Wildman–Crippen MR) is 97.2 cm³/mol. The van der Waals surface area contributed by atoms with Crippen LogP contribution >= 0.6 is 0 Å². The molecule has 0 spiro atoms. The Labute approximate surface area is 139 Å². The number of carbonyl (C=O) groups is 2. The summed E-state index contributed by atoms with van der Waals surface area (Å²) in [5.41, 5.74) is 13.9. The number of carbonyl (C=O) groups excluding carboxylic acids is 2. The van der Waals surface area contributed by atoms with Crippen LogP contribution in [0.4, 0.5) is 0 Å². The molecule has 0 bridgehead atoms. The smallest absolute Gasteiger partial charge is 0.248 e. The zero-order valence-electron chi connectivity index (χ0n) is 12.3. The molecule has 0 fully saturated rings. The summed E-state index contributed by atoms with van der Waals surface area (Å²) in [5.74, 6) is -0.650. The number of hydrogen-bond donors (Lipinski definition) is 2. The minimum Gasteiger partial charge on any atom is -0.369 e. The van der Waals surface area contributed by atoms with Gasteiger partial charge in [0.15, 0.2) is 0 Å². The minimum atomic E-state index is -0.372. The molecule has 23 heavy (non-hydrogen) atoms. The zero-order chi connectivity index (χ0) is 15.8. The quantitative estimate of drug-likeness (QED) is 0.909. The summed E-state index contributed by atoms with van der Waals surface area (Å²) in [6, 6.07) is 14.9. The average Bonchev–Trinajstić information content (AvgIpc) is 2.42. The molecule has 0 aromatic heterocycles. The van der Waals surface area contributed by atoms with Gasteiger partial charge in [0.05, 0.1) is 6.42 Å². The van der Waals surface area contributed by atoms with Gasteiger partial charge in [0, 0.05) is 5.56 Å². The third-order valence-electron chi connectivity index (χ3n) is 2.93. The molecule has 4 nitrogen and oxygen atoms in total. The van der Waals surface area contributed by atoms with Gasteiger partial charge in [-0.2, -0.15) is 0 Å². The van der Waals surface area contributed by atoms with Crippen molar-refractivity contribution >= 4 is 11.8 Å². The Morgan fingerprint density at radius 3 is 1.96 bits per heavy atom. The molecule has 0 heterocycles. The van der Waals surface area contributed by atoms with Crippen LogP contribution in [0.15, 0.2) is 48.5 Å². The van der Waals surface area contributed by atoms with E-state index < -0.39 is 0 Å². The van der Waals surface area contributed by atoms with E-state index in [0.29, 0.717) is 12.0 Å². The van der Waals surface area contributed by atoms with Gasteiger partial charge in [-0.15, -0.1) is 0 Å². The van der Waals surface area contributed by atoms with Crippen LogP contribution in [0.25, 0.3) is 0 Å². The Kier molecular flexibility index (Phi) is 10.9. The summed E-state index contributed by atoms with van der Waals surface area (Å²) in [6.45, 7) is 3.89. The summed E-state index contributed by atoms with van der Waals surface area (Å²) in [6.07, 6.45) is 0.340. The molecule has 0 saturated heterocycles. The van der Waals surface area contributed by atoms with Crippen LogP contribution in [0.3, 0.4) is 0 Å². The molecule has 4 heteroatoms. The highest BCUT2D eigenvalue weighted by Gasteiger charge is 1.99. The van der Waals surface area contributed by atoms with Gasteiger partial charge in [-0.05, 0) is 37.1 Å². The van der Waals surface area contributed by atoms with Crippen LogP contribution in [-0.4, -0.2) is 11.8 Å². The summed E-state index contributed by atoms with van der Waals surface area (Å²) < 4.78 is 0. The van der Waals surface area contributed by atoms with Gasteiger partial charge in [-0.1, -0.05) is 56.8 Å². The van der Waals surface area contributed by atoms with Crippen molar-refractivity contribution in [1.29, 1.82) is 0 Å². The maximum Gasteiger partial charge on any atom is 0.248 e. The highest BCUT2D eigenvalue weighted by molar-refractivity contribution is 5.92. The molecule has 0 unspecified atom stereocenters. The zero-order valence-corrected chi connectivity index (χ0v) is 12.3. The number of aryl methyl sites for hydroxylation is 2. The Balaban J connectivity index is 0. The number of hydrogen-bond acceptors (Lipinski definition) is 2. The number of rotatable bonds is 3. The van der Waals surface area contributed by atoms with Crippen molar-refractivity contribution in [3.05, 3.63) is 70.8 Å². The second kappa shape index (κ2) is 11.0. The first kappa shape index (κ1) is 22.7. The van der Waals surface area contributed by atoms with E-state index in [-0.39, 0.29) is 26.7 Å². The SMILES string of the molecule is C.C.Cc1cccc(C(N)=O)c1.Cc1ccccc1CC(N)=O. The van der Waals surface area contributed by atoms with Gasteiger partial charge in [0.2, 0.25) is 11.8 Å². The average molecular weight is 316 g/mol. The maximum atomic E-state index is 10.6. The fraction of sp³-hybridized carbons (Fsp3) is 0.263. The van der Waals surface area contributed by atoms with Crippen LogP contribution in [0.5, 0.6) is 0 Å². The summed E-state index contributed by atoms with van der Waals surface area (Å²) in [7, 11) is 0. The topological polar surface area (TPSA) is 86.2 Å². The van der Waals surface area contributed by atoms with Gasteiger partial charge in [0.25, 0.3) is 0 Å². The second-order valence-corrected chi connectivity index (χ2v) is 4.80. The third-order valence-corrected chi connectivity index (χ3v) is 2.93. The Morgan fingerprint density at radius 1 is 0.913 bits per heavy atom. The highest BCUT2D eigenvalue weighted by atomic mass is 16.1. The normalized spacial score (nSPS) is 8.61. The van der Waals surface area contributed by atoms with Gasteiger partial charge in [-0.25, -0.2) is 0 Å². The lowest BCUT2D eigenvalue weighted by atomic mass is 10.1. The molecule has 0 atom stereocenters. The molecule has 0 radical (unpaired) electrons. The molecule has 0 aliphatic heterocycles. The molecule has 0 saturated carbocycles. The Morgan fingerprint density at radius 2 is 1.52 bits per heavy atom. The second-order valence-electron chi connectivity index (χ2n) is 4.80. The first-order valence-electron chi connectivity index (χ1n) is 6.59. The Hall–Kier alpha value is -2.62. The maximum absolute atomic E-state index is 10.6. The molecule has 0 aliphatic carbocycles. The largest absolute Gasteiger partial charge is 0.369 e. The van der Waals surface area contributed by atoms with E-state index in [4.69, 9.17) is 11.5 Å². The van der Waals surface area contributed by atoms with Crippen molar-refractivity contribution < 1.29 is 9.59 Å². The minimum absolute atomic E-state index is 0. The summed E-state index contributed by atoms with van der Waals surface area (Å²) in [5, 5.41) is 0. The number of primary amides is 2. The van der Waals surface area contributed by atoms with Gasteiger partial charge in [0.1, 0.15) is 0 Å². The van der Waals surface area contributed by atoms with Crippen LogP contribution in [-0.2, 0) is 11.2 Å². The lowest BCUT2D eigenvalue weighted by molar-refractivity contribution is -0.117. The number of nitrogens with two attached hydrogens (primary N) is 2. The van der Waals surface area contributed by atoms with Gasteiger partial charge < -0.3 is 11.5 Å². The first-order chi connectivity index (χ1) is 9.90. The number of amides is 2. The molecule has 2 aromatic rings. The molecule has 2 rings (SSSR count). The standard InChI is InChI=1S/C9H11NO.C8H9NO.2CH4/c1-7-4-2-3-5-8(7)6-9(10)11;1-6-3-2-4-7(5-6)8(9)10;;/h2-5H,6H2,1H3,(H2,10,11);2-5H,1H3,(H2,9,10);2*1H4. The first-order valence-corrected chi connectivity index (χ1v) is 6.59. The predicted octanol–water partition coefficient (Wildman–Crippen LogP) is 3.39. The lowest BCUT2D eigenvalue weighted by Crippen LogP contribution is -2.14. The van der Waals surface area contributed by atoms with E-state index in [9.17, 15) is 9.59 Å². The molecule has 0 aliphatic rings. The van der Waals surface area contributed by atoms with Crippen molar-refractivity contribution in [2.45, 2.75) is 35.1 Å². The van der Waals surface area contributed by atoms with E-state index in [2.05, 4.69) is 0 Å². The molecule has 126 valence electrons. The van der Waals surface area contributed by atoms with Gasteiger partial charge >= 0.3 is 0 Å². The van der Waals surface area contributed by atoms with Crippen molar-refractivity contribution in [1.82, 2.24) is 0 Å². The molecular formula is C19H28N2O2. The third kappa shape index (κ3) is 8.41. The van der Waals surface area contributed by atoms with Crippen molar-refractivity contribution in [2.75, 3.05) is 0 Å². The Bertz CT molecular complexity index is 637. The molecule has 4 N–H and O–H groups in total.